The van der Waals surface area contributed by atoms with Gasteiger partial charge in [-0.1, -0.05) is 57.1 Å². The number of Topliss-reactive ketones (excluding diaryl/α,β-unsaturated/α-hetero) is 1. The molecule has 0 bridgehead atoms. The number of fused-ring (bicyclic) bond motifs is 12. The summed E-state index contributed by atoms with van der Waals surface area (Å²) in [4.78, 5) is 12.4. The highest BCUT2D eigenvalue weighted by Crippen LogP contribution is 2.73. The first-order valence-corrected chi connectivity index (χ1v) is 19.5. The minimum Gasteiger partial charge on any atom is -0.393 e. The fourth-order valence-electron chi connectivity index (χ4n) is 14.7. The van der Waals surface area contributed by atoms with Crippen LogP contribution in [-0.4, -0.2) is 51.1 Å². The second-order valence-corrected chi connectivity index (χ2v) is 18.9. The second kappa shape index (κ2) is 10.9. The van der Waals surface area contributed by atoms with Gasteiger partial charge in [-0.25, -0.2) is 0 Å². The van der Waals surface area contributed by atoms with E-state index < -0.39 is 5.60 Å². The third kappa shape index (κ3) is 4.37. The van der Waals surface area contributed by atoms with Gasteiger partial charge < -0.3 is 20.1 Å². The van der Waals surface area contributed by atoms with Crippen molar-refractivity contribution in [3.8, 4) is 0 Å². The van der Waals surface area contributed by atoms with Gasteiger partial charge in [0.15, 0.2) is 11.4 Å². The van der Waals surface area contributed by atoms with Crippen molar-refractivity contribution in [2.45, 2.75) is 161 Å². The number of allylic oxidation sites excluding steroid dienone is 3. The molecular formula is C42H62O5. The lowest BCUT2D eigenvalue weighted by atomic mass is 9.47. The molecule has 0 aromatic carbocycles. The fourth-order valence-corrected chi connectivity index (χ4v) is 14.7. The Balaban J connectivity index is 0.000000138. The topological polar surface area (TPSA) is 90.3 Å². The molecule has 1 heterocycles. The highest BCUT2D eigenvalue weighted by molar-refractivity contribution is 5.90. The number of hydrogen-bond acceptors (Lipinski definition) is 5. The number of epoxide rings is 1. The minimum atomic E-state index is -0.448. The number of aliphatic hydroxyl groups is 3. The monoisotopic (exact) mass is 646 g/mol. The molecule has 8 aliphatic carbocycles. The molecule has 6 unspecified atom stereocenters. The van der Waals surface area contributed by atoms with Crippen LogP contribution in [0.4, 0.5) is 0 Å². The van der Waals surface area contributed by atoms with Gasteiger partial charge in [-0.2, -0.15) is 0 Å². The summed E-state index contributed by atoms with van der Waals surface area (Å²) in [5, 5.41) is 30.8. The van der Waals surface area contributed by atoms with E-state index in [-0.39, 0.29) is 46.4 Å². The van der Waals surface area contributed by atoms with E-state index in [0.717, 1.165) is 82.5 Å². The summed E-state index contributed by atoms with van der Waals surface area (Å²) in [5.41, 5.74) is 4.74. The molecule has 15 atom stereocenters. The molecule has 0 aromatic rings. The Morgan fingerprint density at radius 1 is 0.745 bits per heavy atom. The molecule has 7 fully saturated rings. The van der Waals surface area contributed by atoms with Gasteiger partial charge in [-0.15, -0.1) is 0 Å². The second-order valence-electron chi connectivity index (χ2n) is 18.9. The smallest absolute Gasteiger partial charge is 0.164 e. The zero-order chi connectivity index (χ0) is 33.3. The van der Waals surface area contributed by atoms with Crippen LogP contribution in [0, 0.1) is 57.2 Å². The Morgan fingerprint density at radius 3 is 1.83 bits per heavy atom. The maximum absolute atomic E-state index is 12.4. The number of rotatable bonds is 1. The molecular weight excluding hydrogens is 584 g/mol. The standard InChI is InChI=1S/C21H30O3.C21H32O2/c1-12(22)21-18(24-21)11-17-15-5-4-13-10-14(23)6-8-19(13,2)16(15)7-9-20(17,21)3;1-4-16-19(23)12-18-15-6-5-13-11-14(22)7-9-20(13,2)17(15)8-10-21(16,18)3/h4,14-18,23H,5-11H2,1-3H3;4-5,14-15,17-19,22-23H,6-12H2,1-3H3/b;16-4-/t14-,15?,16?,17?,18+,19-,20-,21+;14-,15?,17?,18?,19+,20-,21+/m00/s1. The number of ether oxygens (including phenoxy) is 1. The summed E-state index contributed by atoms with van der Waals surface area (Å²) in [6.07, 6.45) is 22.0. The first-order valence-electron chi connectivity index (χ1n) is 19.5. The predicted molar refractivity (Wildman–Crippen MR) is 184 cm³/mol. The molecule has 3 N–H and O–H groups in total. The van der Waals surface area contributed by atoms with Gasteiger partial charge in [0.05, 0.1) is 24.4 Å². The minimum absolute atomic E-state index is 0.0422. The highest BCUT2D eigenvalue weighted by atomic mass is 16.6. The predicted octanol–water partition coefficient (Wildman–Crippen LogP) is 7.87. The van der Waals surface area contributed by atoms with E-state index in [1.165, 1.54) is 36.0 Å². The molecule has 0 aromatic heterocycles. The number of carbonyl (C=O) groups excluding carboxylic acids is 1. The average molecular weight is 647 g/mol. The Kier molecular flexibility index (Phi) is 7.61. The van der Waals surface area contributed by atoms with Crippen molar-refractivity contribution in [2.75, 3.05) is 0 Å². The van der Waals surface area contributed by atoms with E-state index in [2.05, 4.69) is 52.8 Å². The zero-order valence-electron chi connectivity index (χ0n) is 30.1. The van der Waals surface area contributed by atoms with Crippen molar-refractivity contribution in [2.24, 2.45) is 57.2 Å². The molecule has 47 heavy (non-hydrogen) atoms. The maximum Gasteiger partial charge on any atom is 0.164 e. The molecule has 9 rings (SSSR count). The van der Waals surface area contributed by atoms with Crippen molar-refractivity contribution in [3.05, 3.63) is 34.9 Å². The van der Waals surface area contributed by atoms with Gasteiger partial charge in [0, 0.05) is 5.41 Å². The van der Waals surface area contributed by atoms with Crippen molar-refractivity contribution < 1.29 is 24.9 Å². The van der Waals surface area contributed by atoms with Gasteiger partial charge in [0.25, 0.3) is 0 Å². The van der Waals surface area contributed by atoms with Gasteiger partial charge in [0.2, 0.25) is 0 Å². The van der Waals surface area contributed by atoms with E-state index in [1.54, 1.807) is 6.92 Å². The van der Waals surface area contributed by atoms with Crippen LogP contribution in [0.3, 0.4) is 0 Å². The lowest BCUT2D eigenvalue weighted by molar-refractivity contribution is -0.135. The quantitative estimate of drug-likeness (QED) is 0.199. The van der Waals surface area contributed by atoms with Crippen LogP contribution in [0.2, 0.25) is 0 Å². The Labute approximate surface area is 283 Å². The summed E-state index contributed by atoms with van der Waals surface area (Å²) in [6.45, 7) is 13.5. The zero-order valence-corrected chi connectivity index (χ0v) is 30.1. The normalized spacial score (nSPS) is 56.1. The van der Waals surface area contributed by atoms with Crippen LogP contribution in [0.15, 0.2) is 34.9 Å². The number of aliphatic hydroxyl groups excluding tert-OH is 3. The summed E-state index contributed by atoms with van der Waals surface area (Å²) >= 11 is 0. The number of carbonyl (C=O) groups is 1. The van der Waals surface area contributed by atoms with Gasteiger partial charge in [-0.05, 0) is 161 Å². The van der Waals surface area contributed by atoms with Gasteiger partial charge in [0.1, 0.15) is 0 Å². The molecule has 0 radical (unpaired) electrons. The molecule has 1 aliphatic heterocycles. The van der Waals surface area contributed by atoms with Crippen molar-refractivity contribution in [3.63, 3.8) is 0 Å². The molecule has 5 heteroatoms. The van der Waals surface area contributed by atoms with Crippen molar-refractivity contribution in [1.82, 2.24) is 0 Å². The molecule has 5 nitrogen and oxygen atoms in total. The van der Waals surface area contributed by atoms with Crippen molar-refractivity contribution >= 4 is 5.78 Å². The Morgan fingerprint density at radius 2 is 1.28 bits per heavy atom. The Hall–Kier alpha value is -1.27. The van der Waals surface area contributed by atoms with E-state index >= 15 is 0 Å². The van der Waals surface area contributed by atoms with Gasteiger partial charge in [-0.3, -0.25) is 4.79 Å². The first-order chi connectivity index (χ1) is 22.2. The Bertz CT molecular complexity index is 1410. The highest BCUT2D eigenvalue weighted by Gasteiger charge is 2.79. The van der Waals surface area contributed by atoms with Crippen LogP contribution in [0.25, 0.3) is 0 Å². The summed E-state index contributed by atoms with van der Waals surface area (Å²) < 4.78 is 6.00. The van der Waals surface area contributed by atoms with E-state index in [1.807, 2.05) is 0 Å². The third-order valence-electron chi connectivity index (χ3n) is 17.3. The average Bonchev–Trinajstić information content (AvgIpc) is 3.63. The number of hydrogen-bond donors (Lipinski definition) is 3. The summed E-state index contributed by atoms with van der Waals surface area (Å²) in [6, 6.07) is 0. The first kappa shape index (κ1) is 32.9. The molecule has 260 valence electrons. The fraction of sp³-hybridized carbons (Fsp3) is 0.833. The lowest BCUT2D eigenvalue weighted by Crippen LogP contribution is -2.54. The number of ketones is 1. The van der Waals surface area contributed by atoms with Gasteiger partial charge >= 0.3 is 0 Å². The summed E-state index contributed by atoms with van der Waals surface area (Å²) in [7, 11) is 0. The largest absolute Gasteiger partial charge is 0.393 e. The van der Waals surface area contributed by atoms with Crippen LogP contribution in [-0.2, 0) is 9.53 Å². The molecule has 6 saturated carbocycles. The van der Waals surface area contributed by atoms with Crippen LogP contribution in [0.5, 0.6) is 0 Å². The van der Waals surface area contributed by atoms with E-state index in [0.29, 0.717) is 29.1 Å². The van der Waals surface area contributed by atoms with Crippen molar-refractivity contribution in [1.29, 1.82) is 0 Å². The lowest BCUT2D eigenvalue weighted by Gasteiger charge is -2.58. The van der Waals surface area contributed by atoms with Crippen LogP contribution in [0.1, 0.15) is 131 Å². The SMILES string of the molecule is C/C=C1/[C@H](O)CC2C3CC=C4C[C@@H](O)CC[C@]4(C)C3CC[C@]12C.CC(=O)[C@@]12O[C@@H]1CC1C3CC=C4C[C@@H](O)CC[C@]4(C)C3CC[C@@]12C. The van der Waals surface area contributed by atoms with E-state index in [9.17, 15) is 20.1 Å². The summed E-state index contributed by atoms with van der Waals surface area (Å²) in [5.74, 6) is 4.39. The van der Waals surface area contributed by atoms with E-state index in [4.69, 9.17) is 4.74 Å². The molecule has 0 amide bonds. The van der Waals surface area contributed by atoms with Crippen LogP contribution >= 0.6 is 0 Å². The van der Waals surface area contributed by atoms with Crippen LogP contribution < -0.4 is 0 Å². The molecule has 9 aliphatic rings. The molecule has 0 spiro atoms. The maximum atomic E-state index is 12.4. The third-order valence-corrected chi connectivity index (χ3v) is 17.3. The molecule has 1 saturated heterocycles.